The number of unbranched alkanes of at least 4 members (excludes halogenated alkanes) is 14. The number of allylic oxidation sites excluding steroid dienone is 12. The number of nitrogens with zero attached hydrogens (tertiary/aromatic N) is 7. The van der Waals surface area contributed by atoms with Crippen molar-refractivity contribution in [3.8, 4) is 23.0 Å². The molecule has 0 atom stereocenters. The number of fused-ring (bicyclic) bond motifs is 4. The molecule has 0 amide bonds. The Bertz CT molecular complexity index is 3390. The Labute approximate surface area is 577 Å². The highest BCUT2D eigenvalue weighted by Gasteiger charge is 2.28. The van der Waals surface area contributed by atoms with Gasteiger partial charge in [0.25, 0.3) is 0 Å². The lowest BCUT2D eigenvalue weighted by Gasteiger charge is -2.23. The van der Waals surface area contributed by atoms with E-state index in [0.29, 0.717) is 26.4 Å². The fourth-order valence-electron chi connectivity index (χ4n) is 11.9. The van der Waals surface area contributed by atoms with Crippen LogP contribution in [0.3, 0.4) is 0 Å². The number of quaternary nitrogens is 3. The number of ether oxygens (including phenoxy) is 4. The van der Waals surface area contributed by atoms with Gasteiger partial charge in [-0.3, -0.25) is 0 Å². The molecule has 0 unspecified atom stereocenters. The normalized spacial score (nSPS) is 15.1. The highest BCUT2D eigenvalue weighted by Crippen LogP contribution is 2.40. The van der Waals surface area contributed by atoms with E-state index in [9.17, 15) is 0 Å². The summed E-state index contributed by atoms with van der Waals surface area (Å²) in [5, 5.41) is 0. The minimum Gasteiger partial charge on any atom is -1.00 e. The summed E-state index contributed by atoms with van der Waals surface area (Å²) >= 11 is 0. The van der Waals surface area contributed by atoms with Crippen LogP contribution in [0, 0.1) is 0 Å². The van der Waals surface area contributed by atoms with Gasteiger partial charge in [-0.05, 0) is 184 Å². The zero-order chi connectivity index (χ0) is 63.4. The highest BCUT2D eigenvalue weighted by molar-refractivity contribution is 6.39. The van der Waals surface area contributed by atoms with Gasteiger partial charge >= 0.3 is 0 Å². The van der Waals surface area contributed by atoms with E-state index < -0.39 is 0 Å². The van der Waals surface area contributed by atoms with Crippen molar-refractivity contribution < 1.29 is 69.6 Å². The summed E-state index contributed by atoms with van der Waals surface area (Å²) in [7, 11) is 20.3. The average Bonchev–Trinajstić information content (AvgIpc) is 1.64. The van der Waals surface area contributed by atoms with Gasteiger partial charge in [-0.25, -0.2) is 20.0 Å². The Morgan fingerprint density at radius 1 is 0.258 bits per heavy atom. The lowest BCUT2D eigenvalue weighted by Crippen LogP contribution is -3.00. The summed E-state index contributed by atoms with van der Waals surface area (Å²) in [6.45, 7) is 8.46. The van der Waals surface area contributed by atoms with E-state index >= 15 is 0 Å². The van der Waals surface area contributed by atoms with Gasteiger partial charge < -0.3 is 69.6 Å². The molecule has 4 aromatic carbocycles. The van der Waals surface area contributed by atoms with Crippen LogP contribution < -0.4 is 56.2 Å². The van der Waals surface area contributed by atoms with Crippen LogP contribution in [0.25, 0.3) is 22.3 Å². The molecule has 0 saturated carbocycles. The van der Waals surface area contributed by atoms with Gasteiger partial charge in [0, 0.05) is 22.3 Å². The van der Waals surface area contributed by atoms with E-state index in [-0.39, 0.29) is 37.2 Å². The van der Waals surface area contributed by atoms with Crippen LogP contribution in [-0.2, 0) is 0 Å². The van der Waals surface area contributed by atoms with Crippen LogP contribution in [0.1, 0.15) is 145 Å². The van der Waals surface area contributed by atoms with Gasteiger partial charge in [-0.2, -0.15) is 0 Å². The second-order valence-electron chi connectivity index (χ2n) is 27.9. The van der Waals surface area contributed by atoms with Crippen molar-refractivity contribution in [2.45, 2.75) is 122 Å². The molecule has 9 rings (SSSR count). The Balaban J connectivity index is 0.00000457. The zero-order valence-electron chi connectivity index (χ0n) is 57.4. The van der Waals surface area contributed by atoms with E-state index in [2.05, 4.69) is 216 Å². The first-order chi connectivity index (χ1) is 43.5. The van der Waals surface area contributed by atoms with Crippen molar-refractivity contribution in [1.82, 2.24) is 0 Å². The molecular weight excluding hydrogens is 1220 g/mol. The quantitative estimate of drug-likeness (QED) is 0.0339. The third-order valence-electron chi connectivity index (χ3n) is 16.9. The lowest BCUT2D eigenvalue weighted by molar-refractivity contribution is -0.870. The monoisotopic (exact) mass is 1320 g/mol. The second-order valence-corrected chi connectivity index (χ2v) is 27.9. The molecule has 14 heteroatoms. The minimum atomic E-state index is 0. The number of halogens is 3. The molecule has 500 valence electrons. The van der Waals surface area contributed by atoms with Crippen LogP contribution in [0.15, 0.2) is 188 Å². The maximum absolute atomic E-state index is 6.38. The van der Waals surface area contributed by atoms with Crippen molar-refractivity contribution in [1.29, 1.82) is 0 Å². The third-order valence-corrected chi connectivity index (χ3v) is 16.9. The number of hydrogen-bond acceptors (Lipinski definition) is 8. The molecule has 4 aromatic rings. The van der Waals surface area contributed by atoms with E-state index in [1.807, 2.05) is 0 Å². The molecule has 0 aromatic heterocycles. The molecule has 11 nitrogen and oxygen atoms in total. The van der Waals surface area contributed by atoms with Crippen LogP contribution in [0.4, 0.5) is 0 Å². The zero-order valence-corrected chi connectivity index (χ0v) is 59.7. The Hall–Kier alpha value is -6.57. The Morgan fingerprint density at radius 3 is 0.677 bits per heavy atom. The predicted octanol–water partition coefficient (Wildman–Crippen LogP) is 8.38. The van der Waals surface area contributed by atoms with E-state index in [0.717, 1.165) is 191 Å². The SMILES string of the molecule is CCCCCCCCCCCOc1ccc(C2=C3C=CC(=N3)C(c3ccc(OCCCCC[N+](C)(C)C)cc3)=C3C=CC(=N3)C(c3ccc(OCCCCC[N+](C)(C)C)cc3)=C3C=CC(=N3)C(c3ccc(OCCCCC[N+](C)(C)C)cc3)=C3C=CC2=N3)cc1.[Cl-].[Cl-].[Cl-]. The highest BCUT2D eigenvalue weighted by atomic mass is 35.5. The van der Waals surface area contributed by atoms with Gasteiger partial charge in [0.1, 0.15) is 23.0 Å². The van der Waals surface area contributed by atoms with Crippen LogP contribution in [-0.4, -0.2) is 146 Å². The molecule has 5 aliphatic rings. The smallest absolute Gasteiger partial charge is 0.119 e. The van der Waals surface area contributed by atoms with E-state index in [4.69, 9.17) is 38.9 Å². The van der Waals surface area contributed by atoms with Crippen molar-refractivity contribution >= 4 is 45.1 Å². The van der Waals surface area contributed by atoms with Gasteiger partial charge in [0.15, 0.2) is 0 Å². The van der Waals surface area contributed by atoms with Crippen molar-refractivity contribution in [3.05, 3.63) is 191 Å². The molecule has 0 aliphatic carbocycles. The molecule has 93 heavy (non-hydrogen) atoms. The van der Waals surface area contributed by atoms with Crippen LogP contribution in [0.5, 0.6) is 23.0 Å². The van der Waals surface area contributed by atoms with Crippen molar-refractivity contribution in [2.24, 2.45) is 20.0 Å². The van der Waals surface area contributed by atoms with E-state index in [1.54, 1.807) is 0 Å². The molecule has 8 bridgehead atoms. The maximum Gasteiger partial charge on any atom is 0.119 e. The van der Waals surface area contributed by atoms with Crippen molar-refractivity contribution in [2.75, 3.05) is 109 Å². The van der Waals surface area contributed by atoms with Gasteiger partial charge in [-0.1, -0.05) is 107 Å². The number of rotatable bonds is 36. The number of hydrogen-bond donors (Lipinski definition) is 0. The van der Waals surface area contributed by atoms with Gasteiger partial charge in [0.2, 0.25) is 0 Å². The molecule has 0 saturated heterocycles. The third kappa shape index (κ3) is 23.4. The summed E-state index contributed by atoms with van der Waals surface area (Å²) in [4.78, 5) is 22.3. The molecule has 0 radical (unpaired) electrons. The molecule has 0 fully saturated rings. The number of benzene rings is 4. The van der Waals surface area contributed by atoms with Gasteiger partial charge in [0.05, 0.1) is 155 Å². The minimum absolute atomic E-state index is 0. The average molecular weight is 1320 g/mol. The van der Waals surface area contributed by atoms with Crippen LogP contribution in [0.2, 0.25) is 0 Å². The molecular formula is C79H104Cl3N7O4. The fraction of sp³-hybridized carbons (Fsp3) is 0.443. The van der Waals surface area contributed by atoms with E-state index in [1.165, 1.54) is 70.6 Å². The molecule has 5 heterocycles. The molecule has 0 N–H and O–H groups in total. The molecule has 5 aliphatic heterocycles. The summed E-state index contributed by atoms with van der Waals surface area (Å²) in [6.07, 6.45) is 38.5. The van der Waals surface area contributed by atoms with Crippen molar-refractivity contribution in [3.63, 3.8) is 0 Å². The summed E-state index contributed by atoms with van der Waals surface area (Å²) in [6, 6.07) is 33.9. The first kappa shape index (κ1) is 75.5. The first-order valence-corrected chi connectivity index (χ1v) is 33.9. The summed E-state index contributed by atoms with van der Waals surface area (Å²) in [5.41, 5.74) is 14.1. The topological polar surface area (TPSA) is 86.4 Å². The number of aliphatic imine (C=N–C) groups is 4. The summed E-state index contributed by atoms with van der Waals surface area (Å²) < 4.78 is 28.4. The molecule has 0 spiro atoms. The predicted molar refractivity (Wildman–Crippen MR) is 379 cm³/mol. The maximum atomic E-state index is 6.38. The lowest BCUT2D eigenvalue weighted by atomic mass is 9.98. The van der Waals surface area contributed by atoms with Gasteiger partial charge in [-0.15, -0.1) is 0 Å². The Kier molecular flexibility index (Phi) is 30.0. The first-order valence-electron chi connectivity index (χ1n) is 33.9. The fourth-order valence-corrected chi connectivity index (χ4v) is 11.9. The standard InChI is InChI=1S/C79H104N7O4.3ClH/c1-11-12-13-14-15-16-17-18-25-56-87-64-37-29-60(30-38-64)76-68-45-47-70(80-68)77(61-31-39-65(40-32-61)88-57-26-19-22-53-84(2,3)4)72-49-51-74(82-72)79(63-35-43-67(44-36-63)90-59-28-21-24-55-86(8,9)10)75-52-50-73(83-75)78(71-48-46-69(76)81-71)62-33-41-66(42-34-62)89-58-27-20-23-54-85(5,6)7;;;/h29-52H,11-28,53-59H2,1-10H3;3*1H/q+3;;;/p-3. The largest absolute Gasteiger partial charge is 1.00 e. The second kappa shape index (κ2) is 36.9. The Morgan fingerprint density at radius 2 is 0.462 bits per heavy atom. The van der Waals surface area contributed by atoms with Crippen LogP contribution >= 0.6 is 0 Å². The summed E-state index contributed by atoms with van der Waals surface area (Å²) in [5.74, 6) is 3.40.